The predicted octanol–water partition coefficient (Wildman–Crippen LogP) is 2.90. The van der Waals surface area contributed by atoms with Crippen LogP contribution in [0.4, 0.5) is 5.69 Å². The molecule has 0 bridgehead atoms. The molecule has 18 heavy (non-hydrogen) atoms. The van der Waals surface area contributed by atoms with Crippen molar-refractivity contribution in [2.45, 2.75) is 6.61 Å². The maximum Gasteiger partial charge on any atom is 0.219 e. The number of methoxy groups -OCH3 is 1. The molecule has 0 atom stereocenters. The molecule has 4 nitrogen and oxygen atoms in total. The van der Waals surface area contributed by atoms with Crippen LogP contribution in [0.3, 0.4) is 0 Å². The van der Waals surface area contributed by atoms with E-state index in [1.54, 1.807) is 31.5 Å². The maximum atomic E-state index is 5.91. The van der Waals surface area contributed by atoms with Crippen molar-refractivity contribution >= 4 is 17.3 Å². The summed E-state index contributed by atoms with van der Waals surface area (Å²) in [5.41, 5.74) is 7.02. The minimum atomic E-state index is 0.358. The molecule has 0 saturated carbocycles. The molecule has 0 spiro atoms. The lowest BCUT2D eigenvalue weighted by Gasteiger charge is -2.09. The second-order valence-corrected chi connectivity index (χ2v) is 4.05. The Balaban J connectivity index is 2.09. The van der Waals surface area contributed by atoms with Crippen molar-refractivity contribution in [1.29, 1.82) is 0 Å². The van der Waals surface area contributed by atoms with E-state index >= 15 is 0 Å². The Morgan fingerprint density at radius 2 is 2.17 bits per heavy atom. The average molecular weight is 265 g/mol. The van der Waals surface area contributed by atoms with Crippen LogP contribution in [0.5, 0.6) is 11.6 Å². The van der Waals surface area contributed by atoms with Crippen molar-refractivity contribution < 1.29 is 9.47 Å². The SMILES string of the molecule is COc1ncccc1COc1ccc(N)c(Cl)c1. The van der Waals surface area contributed by atoms with Gasteiger partial charge in [-0.3, -0.25) is 0 Å². The van der Waals surface area contributed by atoms with Crippen LogP contribution in [-0.2, 0) is 6.61 Å². The van der Waals surface area contributed by atoms with Crippen molar-refractivity contribution in [3.8, 4) is 11.6 Å². The van der Waals surface area contributed by atoms with Gasteiger partial charge in [0.1, 0.15) is 12.4 Å². The van der Waals surface area contributed by atoms with Gasteiger partial charge < -0.3 is 15.2 Å². The van der Waals surface area contributed by atoms with E-state index < -0.39 is 0 Å². The molecule has 0 radical (unpaired) electrons. The van der Waals surface area contributed by atoms with E-state index in [0.717, 1.165) is 5.56 Å². The zero-order valence-corrected chi connectivity index (χ0v) is 10.6. The molecule has 2 rings (SSSR count). The van der Waals surface area contributed by atoms with Crippen LogP contribution in [0.1, 0.15) is 5.56 Å². The molecule has 1 aromatic carbocycles. The fraction of sp³-hybridized carbons (Fsp3) is 0.154. The number of ether oxygens (including phenoxy) is 2. The first-order valence-corrected chi connectivity index (χ1v) is 5.74. The number of rotatable bonds is 4. The van der Waals surface area contributed by atoms with Crippen LogP contribution in [0.2, 0.25) is 5.02 Å². The number of aromatic nitrogens is 1. The number of hydrogen-bond acceptors (Lipinski definition) is 4. The van der Waals surface area contributed by atoms with E-state index in [0.29, 0.717) is 28.9 Å². The highest BCUT2D eigenvalue weighted by atomic mass is 35.5. The van der Waals surface area contributed by atoms with E-state index in [1.165, 1.54) is 0 Å². The number of nitrogen functional groups attached to an aromatic ring is 1. The first-order chi connectivity index (χ1) is 8.70. The Morgan fingerprint density at radius 1 is 1.33 bits per heavy atom. The van der Waals surface area contributed by atoms with Gasteiger partial charge in [0.25, 0.3) is 0 Å². The maximum absolute atomic E-state index is 5.91. The summed E-state index contributed by atoms with van der Waals surface area (Å²) in [5.74, 6) is 1.21. The Labute approximate surface area is 110 Å². The second-order valence-electron chi connectivity index (χ2n) is 3.64. The van der Waals surface area contributed by atoms with Gasteiger partial charge >= 0.3 is 0 Å². The zero-order chi connectivity index (χ0) is 13.0. The largest absolute Gasteiger partial charge is 0.489 e. The quantitative estimate of drug-likeness (QED) is 0.863. The Kier molecular flexibility index (Phi) is 3.89. The standard InChI is InChI=1S/C13H13ClN2O2/c1-17-13-9(3-2-6-16-13)8-18-10-4-5-12(15)11(14)7-10/h2-7H,8,15H2,1H3. The molecule has 0 unspecified atom stereocenters. The molecule has 2 N–H and O–H groups in total. The fourth-order valence-corrected chi connectivity index (χ4v) is 1.65. The lowest BCUT2D eigenvalue weighted by molar-refractivity contribution is 0.294. The molecule has 0 fully saturated rings. The average Bonchev–Trinajstić information content (AvgIpc) is 2.40. The summed E-state index contributed by atoms with van der Waals surface area (Å²) in [6, 6.07) is 8.88. The normalized spacial score (nSPS) is 10.1. The Hall–Kier alpha value is -1.94. The smallest absolute Gasteiger partial charge is 0.219 e. The van der Waals surface area contributed by atoms with Gasteiger partial charge in [-0.2, -0.15) is 0 Å². The number of pyridine rings is 1. The summed E-state index contributed by atoms with van der Waals surface area (Å²) in [7, 11) is 1.58. The Morgan fingerprint density at radius 3 is 2.89 bits per heavy atom. The van der Waals surface area contributed by atoms with Gasteiger partial charge in [0.05, 0.1) is 23.4 Å². The lowest BCUT2D eigenvalue weighted by atomic mass is 10.3. The lowest BCUT2D eigenvalue weighted by Crippen LogP contribution is -2.00. The van der Waals surface area contributed by atoms with Gasteiger partial charge in [-0.05, 0) is 24.3 Å². The number of benzene rings is 1. The van der Waals surface area contributed by atoms with Crippen LogP contribution in [-0.4, -0.2) is 12.1 Å². The minimum absolute atomic E-state index is 0.358. The summed E-state index contributed by atoms with van der Waals surface area (Å²) < 4.78 is 10.7. The molecule has 2 aromatic rings. The molecule has 0 saturated heterocycles. The molecule has 94 valence electrons. The number of nitrogens with zero attached hydrogens (tertiary/aromatic N) is 1. The third-order valence-corrected chi connectivity index (χ3v) is 2.74. The van der Waals surface area contributed by atoms with Crippen LogP contribution in [0.15, 0.2) is 36.5 Å². The van der Waals surface area contributed by atoms with Gasteiger partial charge in [-0.1, -0.05) is 11.6 Å². The van der Waals surface area contributed by atoms with Gasteiger partial charge in [0.15, 0.2) is 0 Å². The highest BCUT2D eigenvalue weighted by Gasteiger charge is 2.05. The first-order valence-electron chi connectivity index (χ1n) is 5.36. The monoisotopic (exact) mass is 264 g/mol. The van der Waals surface area contributed by atoms with Crippen molar-refractivity contribution in [2.24, 2.45) is 0 Å². The summed E-state index contributed by atoms with van der Waals surface area (Å²) in [6.45, 7) is 0.358. The number of hydrogen-bond donors (Lipinski definition) is 1. The van der Waals surface area contributed by atoms with Crippen LogP contribution >= 0.6 is 11.6 Å². The predicted molar refractivity (Wildman–Crippen MR) is 71.0 cm³/mol. The zero-order valence-electron chi connectivity index (χ0n) is 9.89. The van der Waals surface area contributed by atoms with Crippen LogP contribution in [0, 0.1) is 0 Å². The molecular weight excluding hydrogens is 252 g/mol. The van der Waals surface area contributed by atoms with Crippen LogP contribution < -0.4 is 15.2 Å². The van der Waals surface area contributed by atoms with E-state index in [2.05, 4.69) is 4.98 Å². The molecule has 0 amide bonds. The van der Waals surface area contributed by atoms with E-state index in [1.807, 2.05) is 12.1 Å². The molecule has 5 heteroatoms. The second kappa shape index (κ2) is 5.60. The molecule has 0 aliphatic heterocycles. The minimum Gasteiger partial charge on any atom is -0.489 e. The van der Waals surface area contributed by atoms with E-state index in [9.17, 15) is 0 Å². The van der Waals surface area contributed by atoms with Crippen molar-refractivity contribution in [2.75, 3.05) is 12.8 Å². The number of nitrogens with two attached hydrogens (primary N) is 1. The summed E-state index contributed by atoms with van der Waals surface area (Å²) in [6.07, 6.45) is 1.67. The molecule has 1 heterocycles. The van der Waals surface area contributed by atoms with E-state index in [-0.39, 0.29) is 0 Å². The highest BCUT2D eigenvalue weighted by molar-refractivity contribution is 6.33. The van der Waals surface area contributed by atoms with Crippen molar-refractivity contribution in [3.05, 3.63) is 47.1 Å². The van der Waals surface area contributed by atoms with Crippen molar-refractivity contribution in [1.82, 2.24) is 4.98 Å². The molecule has 0 aliphatic carbocycles. The van der Waals surface area contributed by atoms with Crippen molar-refractivity contribution in [3.63, 3.8) is 0 Å². The van der Waals surface area contributed by atoms with Gasteiger partial charge in [0.2, 0.25) is 5.88 Å². The molecule has 0 aliphatic rings. The Bertz CT molecular complexity index is 546. The van der Waals surface area contributed by atoms with Gasteiger partial charge in [-0.25, -0.2) is 4.98 Å². The fourth-order valence-electron chi connectivity index (χ4n) is 1.48. The first kappa shape index (κ1) is 12.5. The highest BCUT2D eigenvalue weighted by Crippen LogP contribution is 2.25. The summed E-state index contributed by atoms with van der Waals surface area (Å²) in [4.78, 5) is 4.09. The third-order valence-electron chi connectivity index (χ3n) is 2.41. The van der Waals surface area contributed by atoms with Gasteiger partial charge in [-0.15, -0.1) is 0 Å². The summed E-state index contributed by atoms with van der Waals surface area (Å²) >= 11 is 5.91. The van der Waals surface area contributed by atoms with Gasteiger partial charge in [0, 0.05) is 12.3 Å². The van der Waals surface area contributed by atoms with E-state index in [4.69, 9.17) is 26.8 Å². The number of halogens is 1. The van der Waals surface area contributed by atoms with Crippen LogP contribution in [0.25, 0.3) is 0 Å². The summed E-state index contributed by atoms with van der Waals surface area (Å²) in [5, 5.41) is 0.477. The number of anilines is 1. The topological polar surface area (TPSA) is 57.4 Å². The third kappa shape index (κ3) is 2.84. The molecule has 1 aromatic heterocycles. The molecular formula is C13H13ClN2O2.